The largest absolute Gasteiger partial charge is 0.383 e. The Bertz CT molecular complexity index is 454. The topological polar surface area (TPSA) is 71.5 Å². The van der Waals surface area contributed by atoms with Gasteiger partial charge in [0, 0.05) is 38.5 Å². The lowest BCUT2D eigenvalue weighted by Crippen LogP contribution is -2.39. The van der Waals surface area contributed by atoms with Crippen molar-refractivity contribution >= 4 is 11.8 Å². The van der Waals surface area contributed by atoms with Crippen LogP contribution in [-0.4, -0.2) is 55.6 Å². The van der Waals surface area contributed by atoms with Crippen molar-refractivity contribution < 1.29 is 18.7 Å². The van der Waals surface area contributed by atoms with Gasteiger partial charge in [-0.15, -0.1) is 0 Å². The molecule has 19 heavy (non-hydrogen) atoms. The molecule has 0 saturated heterocycles. The predicted molar refractivity (Wildman–Crippen MR) is 66.0 cm³/mol. The second-order valence-electron chi connectivity index (χ2n) is 3.87. The van der Waals surface area contributed by atoms with Crippen LogP contribution in [0.1, 0.15) is 10.4 Å². The van der Waals surface area contributed by atoms with Gasteiger partial charge in [0.1, 0.15) is 0 Å². The average Bonchev–Trinajstić information content (AvgIpc) is 2.38. The van der Waals surface area contributed by atoms with Crippen molar-refractivity contribution in [3.8, 4) is 0 Å². The minimum absolute atomic E-state index is 0.105. The minimum Gasteiger partial charge on any atom is -0.383 e. The summed E-state index contributed by atoms with van der Waals surface area (Å²) in [5, 5.41) is 2.59. The molecule has 7 heteroatoms. The lowest BCUT2D eigenvalue weighted by atomic mass is 10.2. The smallest absolute Gasteiger partial charge is 0.254 e. The molecule has 0 unspecified atom stereocenters. The summed E-state index contributed by atoms with van der Waals surface area (Å²) in [6, 6.07) is 2.42. The molecule has 0 atom stereocenters. The zero-order valence-electron chi connectivity index (χ0n) is 10.9. The molecule has 0 aliphatic rings. The van der Waals surface area contributed by atoms with E-state index in [1.807, 2.05) is 0 Å². The normalized spacial score (nSPS) is 10.1. The maximum absolute atomic E-state index is 12.9. The van der Waals surface area contributed by atoms with Gasteiger partial charge in [0.25, 0.3) is 5.91 Å². The average molecular weight is 269 g/mol. The van der Waals surface area contributed by atoms with Crippen molar-refractivity contribution in [2.75, 3.05) is 33.9 Å². The van der Waals surface area contributed by atoms with Crippen LogP contribution in [0, 0.1) is 5.95 Å². The summed E-state index contributed by atoms with van der Waals surface area (Å²) in [5.41, 5.74) is 0.152. The summed E-state index contributed by atoms with van der Waals surface area (Å²) in [5.74, 6) is -1.48. The van der Waals surface area contributed by atoms with Crippen LogP contribution in [0.4, 0.5) is 4.39 Å². The first-order valence-electron chi connectivity index (χ1n) is 5.67. The van der Waals surface area contributed by atoms with E-state index in [4.69, 9.17) is 4.74 Å². The zero-order valence-corrected chi connectivity index (χ0v) is 10.9. The van der Waals surface area contributed by atoms with Gasteiger partial charge in [-0.3, -0.25) is 9.59 Å². The van der Waals surface area contributed by atoms with E-state index in [0.717, 1.165) is 6.07 Å². The Morgan fingerprint density at radius 3 is 2.89 bits per heavy atom. The number of likely N-dealkylation sites (N-methyl/N-ethyl adjacent to an activating group) is 1. The molecule has 0 aliphatic heterocycles. The van der Waals surface area contributed by atoms with E-state index < -0.39 is 11.9 Å². The summed E-state index contributed by atoms with van der Waals surface area (Å²) < 4.78 is 17.7. The van der Waals surface area contributed by atoms with Gasteiger partial charge in [0.15, 0.2) is 0 Å². The number of halogens is 1. The number of carbonyl (C=O) groups is 2. The van der Waals surface area contributed by atoms with Gasteiger partial charge in [-0.2, -0.15) is 4.39 Å². The molecule has 6 nitrogen and oxygen atoms in total. The maximum atomic E-state index is 12.9. The standard InChI is InChI=1S/C12H16FN3O3/c1-16(8-11(17)15-5-6-19-2)12(18)9-3-4-14-10(13)7-9/h3-4,7H,5-6,8H2,1-2H3,(H,15,17). The van der Waals surface area contributed by atoms with E-state index >= 15 is 0 Å². The monoisotopic (exact) mass is 269 g/mol. The van der Waals surface area contributed by atoms with Gasteiger partial charge in [-0.25, -0.2) is 4.98 Å². The highest BCUT2D eigenvalue weighted by molar-refractivity contribution is 5.96. The van der Waals surface area contributed by atoms with Crippen LogP contribution < -0.4 is 5.32 Å². The third-order valence-electron chi connectivity index (χ3n) is 2.33. The van der Waals surface area contributed by atoms with Crippen molar-refractivity contribution in [3.05, 3.63) is 29.8 Å². The number of nitrogens with zero attached hydrogens (tertiary/aromatic N) is 2. The number of nitrogens with one attached hydrogen (secondary N) is 1. The van der Waals surface area contributed by atoms with Crippen molar-refractivity contribution in [1.29, 1.82) is 0 Å². The van der Waals surface area contributed by atoms with Crippen molar-refractivity contribution in [2.24, 2.45) is 0 Å². The number of pyridine rings is 1. The Hall–Kier alpha value is -2.02. The summed E-state index contributed by atoms with van der Waals surface area (Å²) in [4.78, 5) is 27.9. The summed E-state index contributed by atoms with van der Waals surface area (Å²) in [6.45, 7) is 0.673. The Kier molecular flexibility index (Phi) is 5.87. The second-order valence-corrected chi connectivity index (χ2v) is 3.87. The quantitative estimate of drug-likeness (QED) is 0.585. The van der Waals surface area contributed by atoms with Gasteiger partial charge in [0.05, 0.1) is 13.2 Å². The Labute approximate surface area is 110 Å². The highest BCUT2D eigenvalue weighted by Crippen LogP contribution is 2.03. The fourth-order valence-corrected chi connectivity index (χ4v) is 1.39. The molecule has 1 heterocycles. The highest BCUT2D eigenvalue weighted by Gasteiger charge is 2.15. The van der Waals surface area contributed by atoms with E-state index in [-0.39, 0.29) is 18.0 Å². The molecule has 0 saturated carbocycles. The molecule has 1 N–H and O–H groups in total. The van der Waals surface area contributed by atoms with Crippen molar-refractivity contribution in [3.63, 3.8) is 0 Å². The lowest BCUT2D eigenvalue weighted by Gasteiger charge is -2.16. The molecule has 0 fully saturated rings. The minimum atomic E-state index is -0.733. The molecule has 0 spiro atoms. The fourth-order valence-electron chi connectivity index (χ4n) is 1.39. The number of hydrogen-bond donors (Lipinski definition) is 1. The molecule has 2 amide bonds. The van der Waals surface area contributed by atoms with E-state index in [1.165, 1.54) is 31.3 Å². The Balaban J connectivity index is 2.51. The van der Waals surface area contributed by atoms with Crippen LogP contribution in [0.15, 0.2) is 18.3 Å². The number of methoxy groups -OCH3 is 1. The maximum Gasteiger partial charge on any atom is 0.254 e. The van der Waals surface area contributed by atoms with Crippen molar-refractivity contribution in [2.45, 2.75) is 0 Å². The summed E-state index contributed by atoms with van der Waals surface area (Å²) >= 11 is 0. The Morgan fingerprint density at radius 2 is 2.26 bits per heavy atom. The van der Waals surface area contributed by atoms with Gasteiger partial charge in [0.2, 0.25) is 11.9 Å². The van der Waals surface area contributed by atoms with Gasteiger partial charge in [-0.05, 0) is 6.07 Å². The molecule has 0 radical (unpaired) electrons. The van der Waals surface area contributed by atoms with Crippen LogP contribution in [0.25, 0.3) is 0 Å². The molecule has 0 aliphatic carbocycles. The van der Waals surface area contributed by atoms with E-state index in [2.05, 4.69) is 10.3 Å². The lowest BCUT2D eigenvalue weighted by molar-refractivity contribution is -0.121. The van der Waals surface area contributed by atoms with Crippen LogP contribution in [0.3, 0.4) is 0 Å². The first-order valence-corrected chi connectivity index (χ1v) is 5.67. The highest BCUT2D eigenvalue weighted by atomic mass is 19.1. The first-order chi connectivity index (χ1) is 9.04. The number of hydrogen-bond acceptors (Lipinski definition) is 4. The van der Waals surface area contributed by atoms with Crippen LogP contribution in [0.2, 0.25) is 0 Å². The number of ether oxygens (including phenoxy) is 1. The van der Waals surface area contributed by atoms with Gasteiger partial charge >= 0.3 is 0 Å². The third kappa shape index (κ3) is 5.01. The second kappa shape index (κ2) is 7.42. The van der Waals surface area contributed by atoms with E-state index in [0.29, 0.717) is 13.2 Å². The molecule has 0 aromatic carbocycles. The van der Waals surface area contributed by atoms with Gasteiger partial charge in [-0.1, -0.05) is 0 Å². The third-order valence-corrected chi connectivity index (χ3v) is 2.33. The molecule has 104 valence electrons. The summed E-state index contributed by atoms with van der Waals surface area (Å²) in [6.07, 6.45) is 1.20. The molecule has 1 aromatic heterocycles. The molecule has 1 aromatic rings. The van der Waals surface area contributed by atoms with Gasteiger partial charge < -0.3 is 15.0 Å². The zero-order chi connectivity index (χ0) is 14.3. The van der Waals surface area contributed by atoms with Crippen LogP contribution >= 0.6 is 0 Å². The summed E-state index contributed by atoms with van der Waals surface area (Å²) in [7, 11) is 3.00. The SMILES string of the molecule is COCCNC(=O)CN(C)C(=O)c1ccnc(F)c1. The number of carbonyl (C=O) groups excluding carboxylic acids is 2. The van der Waals surface area contributed by atoms with E-state index in [9.17, 15) is 14.0 Å². The number of amides is 2. The number of aromatic nitrogens is 1. The predicted octanol–water partition coefficient (Wildman–Crippen LogP) is 0.0553. The number of rotatable bonds is 6. The van der Waals surface area contributed by atoms with E-state index in [1.54, 1.807) is 0 Å². The van der Waals surface area contributed by atoms with Crippen molar-refractivity contribution in [1.82, 2.24) is 15.2 Å². The Morgan fingerprint density at radius 1 is 1.53 bits per heavy atom. The molecule has 0 bridgehead atoms. The molecular formula is C12H16FN3O3. The molecular weight excluding hydrogens is 253 g/mol. The first kappa shape index (κ1) is 15.0. The molecule has 1 rings (SSSR count). The fraction of sp³-hybridized carbons (Fsp3) is 0.417. The van der Waals surface area contributed by atoms with Crippen LogP contribution in [-0.2, 0) is 9.53 Å². The van der Waals surface area contributed by atoms with Crippen LogP contribution in [0.5, 0.6) is 0 Å².